The number of benzene rings is 2. The van der Waals surface area contributed by atoms with Gasteiger partial charge >= 0.3 is 0 Å². The van der Waals surface area contributed by atoms with Crippen LogP contribution in [-0.4, -0.2) is 21.2 Å². The summed E-state index contributed by atoms with van der Waals surface area (Å²) in [4.78, 5) is 32.2. The zero-order valence-corrected chi connectivity index (χ0v) is 23.0. The number of halogens is 1. The van der Waals surface area contributed by atoms with Gasteiger partial charge in [-0.15, -0.1) is 0 Å². The number of amides is 1. The average Bonchev–Trinajstić information content (AvgIpc) is 2.87. The molecule has 0 unspecified atom stereocenters. The summed E-state index contributed by atoms with van der Waals surface area (Å²) in [6.45, 7) is 8.24. The molecule has 1 N–H and O–H groups in total. The number of allylic oxidation sites excluding steroid dienone is 1. The maximum absolute atomic E-state index is 14.2. The molecule has 1 aromatic heterocycles. The number of anilines is 1. The molecule has 1 amide bonds. The number of hydrogen-bond donors (Lipinski definition) is 1. The van der Waals surface area contributed by atoms with E-state index in [1.165, 1.54) is 23.7 Å². The number of aromatic nitrogens is 2. The van der Waals surface area contributed by atoms with Gasteiger partial charge in [-0.2, -0.15) is 0 Å². The molecular weight excluding hydrogens is 502 g/mol. The van der Waals surface area contributed by atoms with E-state index in [-0.39, 0.29) is 22.6 Å². The van der Waals surface area contributed by atoms with Crippen molar-refractivity contribution in [2.24, 2.45) is 0 Å². The van der Waals surface area contributed by atoms with E-state index in [2.05, 4.69) is 30.1 Å². The molecule has 2 aliphatic carbocycles. The van der Waals surface area contributed by atoms with Gasteiger partial charge in [0, 0.05) is 28.2 Å². The van der Waals surface area contributed by atoms with Crippen molar-refractivity contribution >= 4 is 35.0 Å². The van der Waals surface area contributed by atoms with Gasteiger partial charge in [-0.25, -0.2) is 4.98 Å². The Morgan fingerprint density at radius 1 is 1.16 bits per heavy atom. The zero-order chi connectivity index (χ0) is 26.2. The lowest BCUT2D eigenvalue weighted by molar-refractivity contribution is -0.113. The molecule has 1 spiro atoms. The molecule has 2 aliphatic rings. The molecule has 3 aromatic rings. The summed E-state index contributed by atoms with van der Waals surface area (Å²) >= 11 is 7.50. The molecule has 1 saturated carbocycles. The highest BCUT2D eigenvalue weighted by Crippen LogP contribution is 2.48. The summed E-state index contributed by atoms with van der Waals surface area (Å²) in [6, 6.07) is 13.8. The summed E-state index contributed by atoms with van der Waals surface area (Å²) in [5.74, 6) is -0.0477. The second kappa shape index (κ2) is 10.5. The van der Waals surface area contributed by atoms with Crippen LogP contribution in [0.25, 0.3) is 11.3 Å². The Morgan fingerprint density at radius 3 is 2.68 bits per heavy atom. The van der Waals surface area contributed by atoms with Crippen LogP contribution in [0.15, 0.2) is 64.6 Å². The topological polar surface area (TPSA) is 64.0 Å². The molecule has 37 heavy (non-hydrogen) atoms. The summed E-state index contributed by atoms with van der Waals surface area (Å²) in [6.07, 6.45) is 6.36. The van der Waals surface area contributed by atoms with Crippen LogP contribution in [0.4, 0.5) is 5.69 Å². The van der Waals surface area contributed by atoms with Crippen LogP contribution in [0.2, 0.25) is 5.02 Å². The number of rotatable bonds is 6. The van der Waals surface area contributed by atoms with Gasteiger partial charge in [0.1, 0.15) is 0 Å². The van der Waals surface area contributed by atoms with Crippen LogP contribution in [0.5, 0.6) is 0 Å². The highest BCUT2D eigenvalue weighted by atomic mass is 35.5. The first kappa shape index (κ1) is 25.8. The van der Waals surface area contributed by atoms with Crippen molar-refractivity contribution in [1.29, 1.82) is 0 Å². The Labute approximate surface area is 227 Å². The summed E-state index contributed by atoms with van der Waals surface area (Å²) in [5, 5.41) is 4.10. The number of nitrogens with one attached hydrogen (secondary N) is 1. The van der Waals surface area contributed by atoms with Crippen LogP contribution >= 0.6 is 23.4 Å². The molecule has 5 rings (SSSR count). The molecule has 192 valence electrons. The molecule has 0 radical (unpaired) electrons. The van der Waals surface area contributed by atoms with Crippen molar-refractivity contribution in [2.45, 2.75) is 69.5 Å². The van der Waals surface area contributed by atoms with Gasteiger partial charge < -0.3 is 5.32 Å². The maximum Gasteiger partial charge on any atom is 0.258 e. The van der Waals surface area contributed by atoms with Gasteiger partial charge in [-0.1, -0.05) is 85.1 Å². The van der Waals surface area contributed by atoms with Crippen LogP contribution < -0.4 is 10.9 Å². The molecule has 1 heterocycles. The molecular formula is C30H32ClN3O2S. The third-order valence-corrected chi connectivity index (χ3v) is 8.96. The average molecular weight is 534 g/mol. The van der Waals surface area contributed by atoms with Crippen molar-refractivity contribution in [3.05, 3.63) is 86.7 Å². The third-order valence-electron chi connectivity index (χ3n) is 7.58. The third kappa shape index (κ3) is 5.01. The number of hydrogen-bond acceptors (Lipinski definition) is 4. The fraction of sp³-hybridized carbons (Fsp3) is 0.367. The van der Waals surface area contributed by atoms with Crippen molar-refractivity contribution < 1.29 is 4.79 Å². The minimum Gasteiger partial charge on any atom is -0.325 e. The smallest absolute Gasteiger partial charge is 0.258 e. The predicted octanol–water partition coefficient (Wildman–Crippen LogP) is 6.94. The number of thioether (sulfide) groups is 1. The van der Waals surface area contributed by atoms with Crippen molar-refractivity contribution in [2.75, 3.05) is 11.1 Å². The minimum atomic E-state index is -0.173. The fourth-order valence-corrected chi connectivity index (χ4v) is 6.77. The van der Waals surface area contributed by atoms with Gasteiger partial charge in [0.05, 0.1) is 17.0 Å². The Morgan fingerprint density at radius 2 is 1.92 bits per heavy atom. The van der Waals surface area contributed by atoms with E-state index in [1.54, 1.807) is 10.6 Å². The van der Waals surface area contributed by atoms with E-state index in [4.69, 9.17) is 16.6 Å². The molecule has 0 bridgehead atoms. The molecule has 2 aromatic carbocycles. The number of carbonyl (C=O) groups is 1. The van der Waals surface area contributed by atoms with E-state index < -0.39 is 0 Å². The van der Waals surface area contributed by atoms with E-state index >= 15 is 0 Å². The van der Waals surface area contributed by atoms with Gasteiger partial charge in [0.25, 0.3) is 5.56 Å². The van der Waals surface area contributed by atoms with Crippen LogP contribution in [-0.2, 0) is 23.2 Å². The Hall–Kier alpha value is -2.83. The largest absolute Gasteiger partial charge is 0.325 e. The summed E-state index contributed by atoms with van der Waals surface area (Å²) < 4.78 is 1.73. The quantitative estimate of drug-likeness (QED) is 0.212. The van der Waals surface area contributed by atoms with E-state index in [0.29, 0.717) is 22.4 Å². The van der Waals surface area contributed by atoms with Gasteiger partial charge in [0.2, 0.25) is 5.91 Å². The lowest BCUT2D eigenvalue weighted by Gasteiger charge is -2.42. The molecule has 7 heteroatoms. The van der Waals surface area contributed by atoms with Crippen molar-refractivity contribution in [1.82, 2.24) is 9.55 Å². The lowest BCUT2D eigenvalue weighted by Crippen LogP contribution is -2.43. The first-order valence-corrected chi connectivity index (χ1v) is 14.2. The number of fused-ring (bicyclic) bond motifs is 4. The lowest BCUT2D eigenvalue weighted by atomic mass is 9.62. The normalized spacial score (nSPS) is 15.6. The second-order valence-electron chi connectivity index (χ2n) is 10.4. The van der Waals surface area contributed by atoms with Crippen LogP contribution in [0.1, 0.15) is 55.7 Å². The van der Waals surface area contributed by atoms with Gasteiger partial charge in [-0.3, -0.25) is 14.2 Å². The molecule has 1 fully saturated rings. The molecule has 0 atom stereocenters. The van der Waals surface area contributed by atoms with Crippen molar-refractivity contribution in [3.63, 3.8) is 0 Å². The molecule has 0 aliphatic heterocycles. The standard InChI is InChI=1S/C30H32ClN3O2S/c1-19(2)17-34-28(36)26-27(22-11-6-5-10-21(22)16-30(26)14-7-4-8-15-30)33-29(34)37-18-25(35)32-24-13-9-12-23(31)20(24)3/h5-6,9-13H,1,4,7-8,14-18H2,2-3H3,(H,32,35). The Kier molecular flexibility index (Phi) is 7.32. The zero-order valence-electron chi connectivity index (χ0n) is 21.4. The maximum atomic E-state index is 14.2. The summed E-state index contributed by atoms with van der Waals surface area (Å²) in [7, 11) is 0. The van der Waals surface area contributed by atoms with Gasteiger partial charge in [-0.05, 0) is 56.4 Å². The summed E-state index contributed by atoms with van der Waals surface area (Å²) in [5.41, 5.74) is 6.16. The fourth-order valence-electron chi connectivity index (χ4n) is 5.80. The Balaban J connectivity index is 1.55. The van der Waals surface area contributed by atoms with E-state index in [9.17, 15) is 9.59 Å². The number of carbonyl (C=O) groups excluding carboxylic acids is 1. The van der Waals surface area contributed by atoms with E-state index in [0.717, 1.165) is 60.1 Å². The second-order valence-corrected chi connectivity index (χ2v) is 11.7. The first-order valence-electron chi connectivity index (χ1n) is 12.8. The molecule has 5 nitrogen and oxygen atoms in total. The minimum absolute atomic E-state index is 0.0120. The highest BCUT2D eigenvalue weighted by molar-refractivity contribution is 7.99. The Bertz CT molecular complexity index is 1440. The predicted molar refractivity (Wildman–Crippen MR) is 153 cm³/mol. The number of nitrogens with zero attached hydrogens (tertiary/aromatic N) is 2. The van der Waals surface area contributed by atoms with Gasteiger partial charge in [0.15, 0.2) is 5.16 Å². The molecule has 0 saturated heterocycles. The van der Waals surface area contributed by atoms with Crippen LogP contribution in [0.3, 0.4) is 0 Å². The highest BCUT2D eigenvalue weighted by Gasteiger charge is 2.43. The van der Waals surface area contributed by atoms with Crippen LogP contribution in [0, 0.1) is 6.92 Å². The van der Waals surface area contributed by atoms with E-state index in [1.807, 2.05) is 32.0 Å². The SMILES string of the molecule is C=C(C)Cn1c(SCC(=O)Nc2cccc(Cl)c2C)nc2c(c1=O)C1(CCCCC1)Cc1ccccc1-2. The monoisotopic (exact) mass is 533 g/mol. The van der Waals surface area contributed by atoms with Crippen molar-refractivity contribution in [3.8, 4) is 11.3 Å². The first-order chi connectivity index (χ1) is 17.8.